The van der Waals surface area contributed by atoms with Crippen molar-refractivity contribution in [2.75, 3.05) is 33.4 Å². The van der Waals surface area contributed by atoms with E-state index in [1.807, 2.05) is 11.9 Å². The van der Waals surface area contributed by atoms with Crippen molar-refractivity contribution in [3.05, 3.63) is 12.7 Å². The zero-order valence-electron chi connectivity index (χ0n) is 9.78. The lowest BCUT2D eigenvalue weighted by Crippen LogP contribution is -2.48. The Bertz CT molecular complexity index is 224. The summed E-state index contributed by atoms with van der Waals surface area (Å²) in [5.41, 5.74) is 0. The molecule has 0 radical (unpaired) electrons. The lowest BCUT2D eigenvalue weighted by molar-refractivity contribution is -0.137. The molecule has 0 aliphatic carbocycles. The first-order valence-electron chi connectivity index (χ1n) is 5.41. The predicted octanol–water partition coefficient (Wildman–Crippen LogP) is 0.821. The van der Waals surface area contributed by atoms with Crippen LogP contribution in [0.2, 0.25) is 0 Å². The highest BCUT2D eigenvalue weighted by atomic mass is 35.5. The van der Waals surface area contributed by atoms with Crippen LogP contribution in [0.4, 0.5) is 0 Å². The van der Waals surface area contributed by atoms with Crippen molar-refractivity contribution >= 4 is 18.3 Å². The normalized spacial score (nSPS) is 20.1. The second-order valence-corrected chi connectivity index (χ2v) is 3.77. The molecule has 4 nitrogen and oxygen atoms in total. The lowest BCUT2D eigenvalue weighted by Gasteiger charge is -2.32. The molecule has 16 heavy (non-hydrogen) atoms. The minimum atomic E-state index is 0. The number of hydrogen-bond acceptors (Lipinski definition) is 3. The minimum Gasteiger partial charge on any atom is -0.368 e. The fourth-order valence-electron chi connectivity index (χ4n) is 1.76. The number of carbonyl (C=O) groups is 1. The Kier molecular flexibility index (Phi) is 8.25. The third kappa shape index (κ3) is 4.96. The summed E-state index contributed by atoms with van der Waals surface area (Å²) in [6.45, 7) is 5.80. The summed E-state index contributed by atoms with van der Waals surface area (Å²) in [5, 5.41) is 3.21. The van der Waals surface area contributed by atoms with Gasteiger partial charge in [0.2, 0.25) is 5.91 Å². The second kappa shape index (κ2) is 8.56. The molecule has 1 N–H and O–H groups in total. The summed E-state index contributed by atoms with van der Waals surface area (Å²) < 4.78 is 5.14. The van der Waals surface area contributed by atoms with Crippen molar-refractivity contribution in [1.29, 1.82) is 0 Å². The molecule has 1 aliphatic rings. The molecule has 1 aliphatic heterocycles. The number of nitrogens with one attached hydrogen (secondary N) is 1. The third-order valence-electron chi connectivity index (χ3n) is 2.64. The summed E-state index contributed by atoms with van der Waals surface area (Å²) in [7, 11) is 1.94. The number of likely N-dealkylation sites (tertiary alicyclic amines) is 1. The van der Waals surface area contributed by atoms with Crippen molar-refractivity contribution < 1.29 is 9.53 Å². The number of carbonyl (C=O) groups excluding carboxylic acids is 1. The summed E-state index contributed by atoms with van der Waals surface area (Å²) >= 11 is 0. The maximum absolute atomic E-state index is 11.7. The van der Waals surface area contributed by atoms with Gasteiger partial charge in [-0.2, -0.15) is 0 Å². The molecule has 1 amide bonds. The molecule has 5 heteroatoms. The third-order valence-corrected chi connectivity index (χ3v) is 2.64. The Morgan fingerprint density at radius 2 is 2.44 bits per heavy atom. The predicted molar refractivity (Wildman–Crippen MR) is 66.9 cm³/mol. The number of rotatable bonds is 5. The largest absolute Gasteiger partial charge is 0.368 e. The molecule has 1 atom stereocenters. The first-order chi connectivity index (χ1) is 7.27. The average Bonchev–Trinajstić information content (AvgIpc) is 2.29. The Hall–Kier alpha value is -0.580. The molecule has 0 spiro atoms. The number of nitrogens with zero attached hydrogens (tertiary/aromatic N) is 1. The van der Waals surface area contributed by atoms with Crippen molar-refractivity contribution in [2.24, 2.45) is 0 Å². The number of ether oxygens (including phenoxy) is 1. The van der Waals surface area contributed by atoms with E-state index in [4.69, 9.17) is 4.74 Å². The van der Waals surface area contributed by atoms with Crippen LogP contribution >= 0.6 is 12.4 Å². The van der Waals surface area contributed by atoms with Gasteiger partial charge < -0.3 is 15.0 Å². The van der Waals surface area contributed by atoms with Gasteiger partial charge in [-0.25, -0.2) is 0 Å². The Morgan fingerprint density at radius 1 is 1.69 bits per heavy atom. The van der Waals surface area contributed by atoms with Gasteiger partial charge in [0, 0.05) is 19.1 Å². The van der Waals surface area contributed by atoms with Crippen molar-refractivity contribution in [2.45, 2.75) is 18.9 Å². The van der Waals surface area contributed by atoms with E-state index in [0.29, 0.717) is 12.6 Å². The molecular formula is C11H21ClN2O2. The van der Waals surface area contributed by atoms with E-state index in [9.17, 15) is 4.79 Å². The van der Waals surface area contributed by atoms with Crippen molar-refractivity contribution in [3.63, 3.8) is 0 Å². The van der Waals surface area contributed by atoms with E-state index in [-0.39, 0.29) is 24.9 Å². The Balaban J connectivity index is 0.00000225. The first kappa shape index (κ1) is 15.4. The highest BCUT2D eigenvalue weighted by molar-refractivity contribution is 5.85. The van der Waals surface area contributed by atoms with Crippen LogP contribution in [0, 0.1) is 0 Å². The van der Waals surface area contributed by atoms with E-state index in [2.05, 4.69) is 11.9 Å². The Morgan fingerprint density at radius 3 is 3.06 bits per heavy atom. The number of amides is 1. The average molecular weight is 249 g/mol. The van der Waals surface area contributed by atoms with Crippen molar-refractivity contribution in [1.82, 2.24) is 10.2 Å². The van der Waals surface area contributed by atoms with Gasteiger partial charge in [-0.05, 0) is 19.9 Å². The van der Waals surface area contributed by atoms with Gasteiger partial charge in [0.05, 0.1) is 6.61 Å². The van der Waals surface area contributed by atoms with Crippen LogP contribution in [-0.2, 0) is 9.53 Å². The van der Waals surface area contributed by atoms with E-state index in [0.717, 1.165) is 25.9 Å². The summed E-state index contributed by atoms with van der Waals surface area (Å²) in [5.74, 6) is 0.0804. The quantitative estimate of drug-likeness (QED) is 0.579. The lowest BCUT2D eigenvalue weighted by atomic mass is 10.1. The molecule has 1 unspecified atom stereocenters. The van der Waals surface area contributed by atoms with E-state index in [1.54, 1.807) is 6.08 Å². The molecule has 0 aromatic carbocycles. The number of piperidine rings is 1. The first-order valence-corrected chi connectivity index (χ1v) is 5.41. The standard InChI is InChI=1S/C11H20N2O2.ClH/c1-3-7-15-9-11(14)13-6-4-5-10(8-13)12-2;/h3,10,12H,1,4-9H2,2H3;1H. The maximum atomic E-state index is 11.7. The number of halogens is 1. The van der Waals surface area contributed by atoms with E-state index in [1.165, 1.54) is 0 Å². The molecule has 1 rings (SSSR count). The topological polar surface area (TPSA) is 41.6 Å². The highest BCUT2D eigenvalue weighted by Gasteiger charge is 2.22. The summed E-state index contributed by atoms with van der Waals surface area (Å²) in [4.78, 5) is 13.5. The summed E-state index contributed by atoms with van der Waals surface area (Å²) in [6.07, 6.45) is 3.87. The van der Waals surface area contributed by atoms with Crippen LogP contribution in [0.3, 0.4) is 0 Å². The summed E-state index contributed by atoms with van der Waals surface area (Å²) in [6, 6.07) is 0.433. The monoisotopic (exact) mass is 248 g/mol. The highest BCUT2D eigenvalue weighted by Crippen LogP contribution is 2.09. The van der Waals surface area contributed by atoms with Gasteiger partial charge in [-0.1, -0.05) is 6.08 Å². The van der Waals surface area contributed by atoms with Crippen LogP contribution < -0.4 is 5.32 Å². The maximum Gasteiger partial charge on any atom is 0.248 e. The molecule has 1 heterocycles. The molecule has 1 fully saturated rings. The molecule has 0 aromatic rings. The molecular weight excluding hydrogens is 228 g/mol. The molecule has 0 saturated carbocycles. The van der Waals surface area contributed by atoms with E-state index < -0.39 is 0 Å². The second-order valence-electron chi connectivity index (χ2n) is 3.77. The van der Waals surface area contributed by atoms with Crippen LogP contribution in [0.15, 0.2) is 12.7 Å². The number of likely N-dealkylation sites (N-methyl/N-ethyl adjacent to an activating group) is 1. The molecule has 1 saturated heterocycles. The van der Waals surface area contributed by atoms with Gasteiger partial charge >= 0.3 is 0 Å². The zero-order chi connectivity index (χ0) is 11.1. The zero-order valence-corrected chi connectivity index (χ0v) is 10.6. The van der Waals surface area contributed by atoms with Crippen LogP contribution in [-0.4, -0.2) is 50.2 Å². The smallest absolute Gasteiger partial charge is 0.248 e. The van der Waals surface area contributed by atoms with Gasteiger partial charge in [-0.15, -0.1) is 19.0 Å². The Labute approximate surface area is 103 Å². The van der Waals surface area contributed by atoms with Crippen LogP contribution in [0.1, 0.15) is 12.8 Å². The van der Waals surface area contributed by atoms with Gasteiger partial charge in [0.25, 0.3) is 0 Å². The van der Waals surface area contributed by atoms with Gasteiger partial charge in [0.15, 0.2) is 0 Å². The van der Waals surface area contributed by atoms with Gasteiger partial charge in [-0.3, -0.25) is 4.79 Å². The van der Waals surface area contributed by atoms with Crippen LogP contribution in [0.25, 0.3) is 0 Å². The van der Waals surface area contributed by atoms with Gasteiger partial charge in [0.1, 0.15) is 6.61 Å². The molecule has 94 valence electrons. The number of hydrogen-bond donors (Lipinski definition) is 1. The van der Waals surface area contributed by atoms with Crippen LogP contribution in [0.5, 0.6) is 0 Å². The molecule has 0 bridgehead atoms. The SMILES string of the molecule is C=CCOCC(=O)N1CCCC(NC)C1.Cl. The fourth-order valence-corrected chi connectivity index (χ4v) is 1.76. The van der Waals surface area contributed by atoms with Crippen molar-refractivity contribution in [3.8, 4) is 0 Å². The molecule has 0 aromatic heterocycles. The fraction of sp³-hybridized carbons (Fsp3) is 0.727. The van der Waals surface area contributed by atoms with E-state index >= 15 is 0 Å². The minimum absolute atomic E-state index is 0.